The molecule has 0 radical (unpaired) electrons. The summed E-state index contributed by atoms with van der Waals surface area (Å²) in [6.07, 6.45) is 2.85. The predicted octanol–water partition coefficient (Wildman–Crippen LogP) is 2.34. The fourth-order valence-corrected chi connectivity index (χ4v) is 3.67. The van der Waals surface area contributed by atoms with Crippen molar-refractivity contribution in [3.63, 3.8) is 0 Å². The van der Waals surface area contributed by atoms with Gasteiger partial charge in [0.15, 0.2) is 0 Å². The van der Waals surface area contributed by atoms with Crippen LogP contribution < -0.4 is 11.1 Å². The Labute approximate surface area is 128 Å². The largest absolute Gasteiger partial charge is 0.465 e. The minimum atomic E-state index is -0.639. The van der Waals surface area contributed by atoms with Gasteiger partial charge in [0, 0.05) is 4.88 Å². The van der Waals surface area contributed by atoms with Gasteiger partial charge in [-0.25, -0.2) is 4.79 Å². The molecule has 1 aliphatic rings. The Bertz CT molecular complexity index is 572. The molecule has 5 nitrogen and oxygen atoms in total. The van der Waals surface area contributed by atoms with Crippen molar-refractivity contribution >= 4 is 28.2 Å². The summed E-state index contributed by atoms with van der Waals surface area (Å²) in [5.41, 5.74) is 7.15. The van der Waals surface area contributed by atoms with E-state index in [0.29, 0.717) is 10.6 Å². The van der Waals surface area contributed by atoms with Crippen LogP contribution in [-0.2, 0) is 22.4 Å². The van der Waals surface area contributed by atoms with Gasteiger partial charge in [-0.05, 0) is 30.2 Å². The Hall–Kier alpha value is -1.40. The van der Waals surface area contributed by atoms with E-state index in [1.165, 1.54) is 18.4 Å². The van der Waals surface area contributed by atoms with Crippen LogP contribution in [0.15, 0.2) is 0 Å². The molecule has 3 N–H and O–H groups in total. The molecule has 0 fully saturated rings. The second-order valence-corrected chi connectivity index (χ2v) is 7.49. The van der Waals surface area contributed by atoms with Crippen molar-refractivity contribution in [1.82, 2.24) is 0 Å². The SMILES string of the molecule is COC(=O)c1c(NC(=O)C(N)C(C)(C)C)sc2c1CCC2. The summed E-state index contributed by atoms with van der Waals surface area (Å²) in [6, 6.07) is -0.639. The van der Waals surface area contributed by atoms with Gasteiger partial charge in [-0.2, -0.15) is 0 Å². The highest BCUT2D eigenvalue weighted by Crippen LogP contribution is 2.39. The number of hydrogen-bond donors (Lipinski definition) is 2. The highest BCUT2D eigenvalue weighted by atomic mass is 32.1. The lowest BCUT2D eigenvalue weighted by Gasteiger charge is -2.25. The average Bonchev–Trinajstić information content (AvgIpc) is 2.95. The zero-order chi connectivity index (χ0) is 15.8. The molecule has 1 aliphatic carbocycles. The molecular formula is C15H22N2O3S. The van der Waals surface area contributed by atoms with E-state index in [2.05, 4.69) is 5.32 Å². The number of ether oxygens (including phenoxy) is 1. The van der Waals surface area contributed by atoms with Crippen molar-refractivity contribution < 1.29 is 14.3 Å². The minimum Gasteiger partial charge on any atom is -0.465 e. The second-order valence-electron chi connectivity index (χ2n) is 6.39. The molecule has 116 valence electrons. The molecule has 0 spiro atoms. The highest BCUT2D eigenvalue weighted by molar-refractivity contribution is 7.17. The van der Waals surface area contributed by atoms with E-state index in [-0.39, 0.29) is 11.3 Å². The highest BCUT2D eigenvalue weighted by Gasteiger charge is 2.31. The zero-order valence-electron chi connectivity index (χ0n) is 12.9. The molecule has 1 aromatic heterocycles. The van der Waals surface area contributed by atoms with Crippen LogP contribution in [0.4, 0.5) is 5.00 Å². The number of carbonyl (C=O) groups excluding carboxylic acids is 2. The van der Waals surface area contributed by atoms with Gasteiger partial charge in [-0.3, -0.25) is 4.79 Å². The van der Waals surface area contributed by atoms with E-state index in [0.717, 1.165) is 29.7 Å². The summed E-state index contributed by atoms with van der Waals surface area (Å²) in [4.78, 5) is 25.4. The molecule has 0 saturated heterocycles. The number of fused-ring (bicyclic) bond motifs is 1. The first-order valence-electron chi connectivity index (χ1n) is 7.05. The third-order valence-corrected chi connectivity index (χ3v) is 4.97. The molecule has 21 heavy (non-hydrogen) atoms. The number of anilines is 1. The van der Waals surface area contributed by atoms with Crippen LogP contribution in [0.2, 0.25) is 0 Å². The van der Waals surface area contributed by atoms with Crippen LogP contribution in [-0.4, -0.2) is 25.0 Å². The number of nitrogens with one attached hydrogen (secondary N) is 1. The van der Waals surface area contributed by atoms with Crippen molar-refractivity contribution in [2.75, 3.05) is 12.4 Å². The summed E-state index contributed by atoms with van der Waals surface area (Å²) in [5.74, 6) is -0.665. The number of esters is 1. The van der Waals surface area contributed by atoms with Crippen LogP contribution in [0.5, 0.6) is 0 Å². The predicted molar refractivity (Wildman–Crippen MR) is 83.7 cm³/mol. The first-order valence-corrected chi connectivity index (χ1v) is 7.86. The Kier molecular flexibility index (Phi) is 4.39. The second kappa shape index (κ2) is 5.77. The topological polar surface area (TPSA) is 81.4 Å². The number of aryl methyl sites for hydroxylation is 1. The number of thiophene rings is 1. The summed E-state index contributed by atoms with van der Waals surface area (Å²) in [7, 11) is 1.35. The summed E-state index contributed by atoms with van der Waals surface area (Å²) >= 11 is 1.46. The Morgan fingerprint density at radius 3 is 2.57 bits per heavy atom. The van der Waals surface area contributed by atoms with E-state index >= 15 is 0 Å². The maximum atomic E-state index is 12.3. The third-order valence-electron chi connectivity index (χ3n) is 3.76. The Morgan fingerprint density at radius 1 is 1.33 bits per heavy atom. The third kappa shape index (κ3) is 3.11. The smallest absolute Gasteiger partial charge is 0.341 e. The number of rotatable bonds is 3. The quantitative estimate of drug-likeness (QED) is 0.840. The van der Waals surface area contributed by atoms with Crippen LogP contribution in [0.3, 0.4) is 0 Å². The van der Waals surface area contributed by atoms with E-state index < -0.39 is 12.0 Å². The van der Waals surface area contributed by atoms with Gasteiger partial charge in [-0.15, -0.1) is 11.3 Å². The summed E-state index contributed by atoms with van der Waals surface area (Å²) in [6.45, 7) is 5.73. The van der Waals surface area contributed by atoms with Crippen LogP contribution in [0.25, 0.3) is 0 Å². The van der Waals surface area contributed by atoms with Crippen LogP contribution in [0, 0.1) is 5.41 Å². The number of hydrogen-bond acceptors (Lipinski definition) is 5. The van der Waals surface area contributed by atoms with Crippen molar-refractivity contribution in [2.24, 2.45) is 11.1 Å². The molecule has 1 aromatic rings. The molecule has 1 heterocycles. The van der Waals surface area contributed by atoms with E-state index in [1.54, 1.807) is 0 Å². The van der Waals surface area contributed by atoms with Gasteiger partial charge in [0.2, 0.25) is 5.91 Å². The average molecular weight is 310 g/mol. The van der Waals surface area contributed by atoms with E-state index in [9.17, 15) is 9.59 Å². The minimum absolute atomic E-state index is 0.271. The maximum Gasteiger partial charge on any atom is 0.341 e. The van der Waals surface area contributed by atoms with Gasteiger partial charge in [0.1, 0.15) is 5.00 Å². The summed E-state index contributed by atoms with van der Waals surface area (Å²) in [5, 5.41) is 3.38. The van der Waals surface area contributed by atoms with Crippen molar-refractivity contribution in [3.8, 4) is 0 Å². The molecular weight excluding hydrogens is 288 g/mol. The van der Waals surface area contributed by atoms with Gasteiger partial charge >= 0.3 is 5.97 Å². The molecule has 6 heteroatoms. The molecule has 0 aromatic carbocycles. The van der Waals surface area contributed by atoms with E-state index in [1.807, 2.05) is 20.8 Å². The Morgan fingerprint density at radius 2 is 2.00 bits per heavy atom. The van der Waals surface area contributed by atoms with Gasteiger partial charge < -0.3 is 15.8 Å². The lowest BCUT2D eigenvalue weighted by Crippen LogP contribution is -2.45. The van der Waals surface area contributed by atoms with Crippen molar-refractivity contribution in [1.29, 1.82) is 0 Å². The monoisotopic (exact) mass is 310 g/mol. The molecule has 0 bridgehead atoms. The number of nitrogens with two attached hydrogens (primary N) is 1. The number of amides is 1. The fraction of sp³-hybridized carbons (Fsp3) is 0.600. The normalized spacial score (nSPS) is 15.5. The lowest BCUT2D eigenvalue weighted by molar-refractivity contribution is -0.119. The molecule has 0 saturated carbocycles. The first-order chi connectivity index (χ1) is 9.75. The molecule has 2 rings (SSSR count). The van der Waals surface area contributed by atoms with Crippen molar-refractivity contribution in [2.45, 2.75) is 46.1 Å². The standard InChI is InChI=1S/C15H22N2O3S/c1-15(2,3)11(16)12(18)17-13-10(14(19)20-4)8-6-5-7-9(8)21-13/h11H,5-7,16H2,1-4H3,(H,17,18). The molecule has 1 atom stereocenters. The first kappa shape index (κ1) is 16.0. The summed E-state index contributed by atoms with van der Waals surface area (Å²) < 4.78 is 4.86. The van der Waals surface area contributed by atoms with Crippen LogP contribution in [0.1, 0.15) is 48.0 Å². The number of carbonyl (C=O) groups is 2. The van der Waals surface area contributed by atoms with E-state index in [4.69, 9.17) is 10.5 Å². The van der Waals surface area contributed by atoms with Gasteiger partial charge in [0.25, 0.3) is 0 Å². The zero-order valence-corrected chi connectivity index (χ0v) is 13.7. The van der Waals surface area contributed by atoms with Gasteiger partial charge in [-0.1, -0.05) is 20.8 Å². The van der Waals surface area contributed by atoms with Gasteiger partial charge in [0.05, 0.1) is 18.7 Å². The maximum absolute atomic E-state index is 12.3. The molecule has 1 unspecified atom stereocenters. The molecule has 0 aliphatic heterocycles. The molecule has 1 amide bonds. The Balaban J connectivity index is 2.29. The number of methoxy groups -OCH3 is 1. The fourth-order valence-electron chi connectivity index (χ4n) is 2.39. The lowest BCUT2D eigenvalue weighted by atomic mass is 9.87. The van der Waals surface area contributed by atoms with Crippen LogP contribution >= 0.6 is 11.3 Å². The van der Waals surface area contributed by atoms with Crippen molar-refractivity contribution in [3.05, 3.63) is 16.0 Å².